The Kier molecular flexibility index (Phi) is 3.41. The maximum absolute atomic E-state index is 13.2. The summed E-state index contributed by atoms with van der Waals surface area (Å²) in [6.45, 7) is 1.02. The molecule has 0 radical (unpaired) electrons. The first-order chi connectivity index (χ1) is 9.20. The molecule has 1 heterocycles. The zero-order valence-electron chi connectivity index (χ0n) is 10.3. The predicted molar refractivity (Wildman–Crippen MR) is 61.4 cm³/mol. The van der Waals surface area contributed by atoms with Crippen LogP contribution in [0.15, 0.2) is 18.2 Å². The largest absolute Gasteiger partial charge is 0.419 e. The van der Waals surface area contributed by atoms with Crippen molar-refractivity contribution in [3.63, 3.8) is 0 Å². The van der Waals surface area contributed by atoms with Crippen LogP contribution in [0.2, 0.25) is 0 Å². The third-order valence-corrected chi connectivity index (χ3v) is 2.88. The lowest BCUT2D eigenvalue weighted by atomic mass is 10.1. The Morgan fingerprint density at radius 2 is 1.95 bits per heavy atom. The molecule has 1 fully saturated rings. The molecule has 1 aromatic carbocycles. The van der Waals surface area contributed by atoms with Crippen molar-refractivity contribution in [2.75, 3.05) is 11.4 Å². The van der Waals surface area contributed by atoms with E-state index in [1.165, 1.54) is 6.92 Å². The van der Waals surface area contributed by atoms with Gasteiger partial charge in [0.15, 0.2) is 0 Å². The first kappa shape index (κ1) is 14.3. The molecule has 0 spiro atoms. The highest BCUT2D eigenvalue weighted by Crippen LogP contribution is 2.34. The Hall–Kier alpha value is -2.12. The van der Waals surface area contributed by atoms with Gasteiger partial charge in [0.05, 0.1) is 5.56 Å². The van der Waals surface area contributed by atoms with Crippen LogP contribution in [0.1, 0.15) is 12.5 Å². The van der Waals surface area contributed by atoms with Crippen LogP contribution in [0.4, 0.5) is 23.2 Å². The molecular formula is C12H10F4N2O2. The highest BCUT2D eigenvalue weighted by Gasteiger charge is 2.36. The summed E-state index contributed by atoms with van der Waals surface area (Å²) in [5.74, 6) is -2.47. The quantitative estimate of drug-likeness (QED) is 0.800. The molecule has 1 atom stereocenters. The molecule has 0 bridgehead atoms. The third kappa shape index (κ3) is 2.59. The Bertz CT molecular complexity index is 571. The highest BCUT2D eigenvalue weighted by atomic mass is 19.4. The van der Waals surface area contributed by atoms with Crippen molar-refractivity contribution in [3.8, 4) is 0 Å². The fourth-order valence-corrected chi connectivity index (χ4v) is 1.92. The maximum Gasteiger partial charge on any atom is 0.419 e. The van der Waals surface area contributed by atoms with Crippen LogP contribution >= 0.6 is 0 Å². The zero-order valence-corrected chi connectivity index (χ0v) is 10.3. The molecule has 1 aliphatic rings. The van der Waals surface area contributed by atoms with Crippen molar-refractivity contribution in [3.05, 3.63) is 29.6 Å². The molecule has 108 valence electrons. The minimum absolute atomic E-state index is 0.162. The number of amides is 2. The van der Waals surface area contributed by atoms with E-state index in [1.54, 1.807) is 0 Å². The average Bonchev–Trinajstić information content (AvgIpc) is 2.33. The summed E-state index contributed by atoms with van der Waals surface area (Å²) < 4.78 is 51.1. The number of hydrogen-bond donors (Lipinski definition) is 1. The molecule has 1 saturated heterocycles. The van der Waals surface area contributed by atoms with E-state index in [-0.39, 0.29) is 5.69 Å². The molecule has 0 aromatic heterocycles. The Labute approximate surface area is 111 Å². The first-order valence-corrected chi connectivity index (χ1v) is 5.67. The average molecular weight is 290 g/mol. The van der Waals surface area contributed by atoms with Crippen molar-refractivity contribution in [1.29, 1.82) is 0 Å². The van der Waals surface area contributed by atoms with Crippen LogP contribution < -0.4 is 10.2 Å². The van der Waals surface area contributed by atoms with E-state index in [0.29, 0.717) is 12.1 Å². The summed E-state index contributed by atoms with van der Waals surface area (Å²) in [5, 5.41) is 2.36. The van der Waals surface area contributed by atoms with Gasteiger partial charge < -0.3 is 10.2 Å². The molecule has 1 N–H and O–H groups in total. The molecule has 4 nitrogen and oxygen atoms in total. The van der Waals surface area contributed by atoms with Gasteiger partial charge in [-0.2, -0.15) is 13.2 Å². The van der Waals surface area contributed by atoms with Crippen LogP contribution in [0.5, 0.6) is 0 Å². The number of rotatable bonds is 1. The van der Waals surface area contributed by atoms with E-state index in [9.17, 15) is 27.2 Å². The van der Waals surface area contributed by atoms with Crippen molar-refractivity contribution in [1.82, 2.24) is 5.32 Å². The van der Waals surface area contributed by atoms with Crippen LogP contribution in [-0.4, -0.2) is 24.4 Å². The second-order valence-corrected chi connectivity index (χ2v) is 4.38. The lowest BCUT2D eigenvalue weighted by Gasteiger charge is -2.31. The van der Waals surface area contributed by atoms with Gasteiger partial charge in [-0.1, -0.05) is 0 Å². The fourth-order valence-electron chi connectivity index (χ4n) is 1.92. The molecular weight excluding hydrogens is 280 g/mol. The molecule has 1 aliphatic heterocycles. The lowest BCUT2D eigenvalue weighted by Crippen LogP contribution is -2.57. The van der Waals surface area contributed by atoms with E-state index in [0.717, 1.165) is 11.0 Å². The summed E-state index contributed by atoms with van der Waals surface area (Å²) in [6.07, 6.45) is -4.87. The molecule has 8 heteroatoms. The van der Waals surface area contributed by atoms with Gasteiger partial charge in [-0.15, -0.1) is 0 Å². The number of nitrogens with zero attached hydrogens (tertiary/aromatic N) is 1. The SMILES string of the molecule is CC1NC(=O)CN(c2ccc(F)c(C(F)(F)F)c2)C1=O. The summed E-state index contributed by atoms with van der Waals surface area (Å²) in [6, 6.07) is 1.35. The molecule has 0 saturated carbocycles. The summed E-state index contributed by atoms with van der Waals surface area (Å²) in [7, 11) is 0. The van der Waals surface area contributed by atoms with Crippen molar-refractivity contribution < 1.29 is 27.2 Å². The molecule has 2 amide bonds. The van der Waals surface area contributed by atoms with E-state index >= 15 is 0 Å². The number of hydrogen-bond acceptors (Lipinski definition) is 2. The topological polar surface area (TPSA) is 49.4 Å². The minimum atomic E-state index is -4.87. The van der Waals surface area contributed by atoms with Gasteiger partial charge in [-0.3, -0.25) is 9.59 Å². The minimum Gasteiger partial charge on any atom is -0.343 e. The number of benzene rings is 1. The van der Waals surface area contributed by atoms with Crippen molar-refractivity contribution >= 4 is 17.5 Å². The van der Waals surface area contributed by atoms with E-state index in [2.05, 4.69) is 5.32 Å². The van der Waals surface area contributed by atoms with Gasteiger partial charge >= 0.3 is 6.18 Å². The lowest BCUT2D eigenvalue weighted by molar-refractivity contribution is -0.140. The van der Waals surface area contributed by atoms with Gasteiger partial charge in [-0.25, -0.2) is 4.39 Å². The summed E-state index contributed by atoms with van der Waals surface area (Å²) in [4.78, 5) is 24.1. The number of piperazine rings is 1. The monoisotopic (exact) mass is 290 g/mol. The van der Waals surface area contributed by atoms with Crippen molar-refractivity contribution in [2.45, 2.75) is 19.1 Å². The highest BCUT2D eigenvalue weighted by molar-refractivity contribution is 6.06. The van der Waals surface area contributed by atoms with Crippen LogP contribution in [-0.2, 0) is 15.8 Å². The van der Waals surface area contributed by atoms with Crippen LogP contribution in [0.25, 0.3) is 0 Å². The van der Waals surface area contributed by atoms with Gasteiger partial charge in [-0.05, 0) is 25.1 Å². The number of halogens is 4. The standard InChI is InChI=1S/C12H10F4N2O2/c1-6-11(20)18(5-10(19)17-6)7-2-3-9(13)8(4-7)12(14,15)16/h2-4,6H,5H2,1H3,(H,17,19). The van der Waals surface area contributed by atoms with Crippen molar-refractivity contribution in [2.24, 2.45) is 0 Å². The first-order valence-electron chi connectivity index (χ1n) is 5.67. The zero-order chi connectivity index (χ0) is 15.1. The van der Waals surface area contributed by atoms with Gasteiger partial charge in [0.2, 0.25) is 11.8 Å². The maximum atomic E-state index is 13.2. The fraction of sp³-hybridized carbons (Fsp3) is 0.333. The predicted octanol–water partition coefficient (Wildman–Crippen LogP) is 1.70. The molecule has 1 aromatic rings. The summed E-state index contributed by atoms with van der Waals surface area (Å²) in [5.41, 5.74) is -1.63. The van der Waals surface area contributed by atoms with Gasteiger partial charge in [0, 0.05) is 5.69 Å². The number of carbonyl (C=O) groups is 2. The van der Waals surface area contributed by atoms with Gasteiger partial charge in [0.25, 0.3) is 0 Å². The normalized spacial score (nSPS) is 20.1. The number of nitrogens with one attached hydrogen (secondary N) is 1. The van der Waals surface area contributed by atoms with Crippen LogP contribution in [0, 0.1) is 5.82 Å². The van der Waals surface area contributed by atoms with E-state index in [4.69, 9.17) is 0 Å². The van der Waals surface area contributed by atoms with Crippen LogP contribution in [0.3, 0.4) is 0 Å². The molecule has 1 unspecified atom stereocenters. The third-order valence-electron chi connectivity index (χ3n) is 2.88. The van der Waals surface area contributed by atoms with E-state index in [1.807, 2.05) is 0 Å². The Morgan fingerprint density at radius 3 is 2.55 bits per heavy atom. The molecule has 2 rings (SSSR count). The summed E-state index contributed by atoms with van der Waals surface area (Å²) >= 11 is 0. The number of carbonyl (C=O) groups excluding carboxylic acids is 2. The molecule has 0 aliphatic carbocycles. The Morgan fingerprint density at radius 1 is 1.30 bits per heavy atom. The second kappa shape index (κ2) is 4.77. The number of anilines is 1. The molecule has 20 heavy (non-hydrogen) atoms. The van der Waals surface area contributed by atoms with E-state index < -0.39 is 42.0 Å². The smallest absolute Gasteiger partial charge is 0.343 e. The van der Waals surface area contributed by atoms with Gasteiger partial charge in [0.1, 0.15) is 18.4 Å². The number of alkyl halides is 3. The Balaban J connectivity index is 2.43. The second-order valence-electron chi connectivity index (χ2n) is 4.38.